The first-order valence-electron chi connectivity index (χ1n) is 10.0. The fourth-order valence-electron chi connectivity index (χ4n) is 2.64. The van der Waals surface area contributed by atoms with Crippen molar-refractivity contribution in [2.45, 2.75) is 26.1 Å². The Kier molecular flexibility index (Phi) is 10.4. The molecule has 0 fully saturated rings. The number of ether oxygens (including phenoxy) is 3. The number of hydrogen-bond acceptors (Lipinski definition) is 5. The zero-order valence-corrected chi connectivity index (χ0v) is 17.7. The predicted octanol–water partition coefficient (Wildman–Crippen LogP) is 3.35. The van der Waals surface area contributed by atoms with Crippen LogP contribution in [0.1, 0.15) is 25.0 Å². The summed E-state index contributed by atoms with van der Waals surface area (Å²) < 4.78 is 39.5. The van der Waals surface area contributed by atoms with Gasteiger partial charge in [-0.05, 0) is 55.3 Å². The summed E-state index contributed by atoms with van der Waals surface area (Å²) >= 11 is 0. The number of methoxy groups -OCH3 is 1. The number of aliphatic imine (C=N–C) groups is 1. The average molecular weight is 437 g/mol. The van der Waals surface area contributed by atoms with Crippen molar-refractivity contribution in [3.8, 4) is 17.2 Å². The minimum atomic E-state index is -2.88. The molecule has 0 aliphatic heterocycles. The van der Waals surface area contributed by atoms with Crippen LogP contribution >= 0.6 is 0 Å². The highest BCUT2D eigenvalue weighted by Crippen LogP contribution is 2.19. The first-order chi connectivity index (χ1) is 15.0. The van der Waals surface area contributed by atoms with Crippen molar-refractivity contribution in [1.29, 1.82) is 0 Å². The Bertz CT molecular complexity index is 786. The lowest BCUT2D eigenvalue weighted by atomic mass is 10.1. The van der Waals surface area contributed by atoms with Gasteiger partial charge in [0, 0.05) is 13.1 Å². The van der Waals surface area contributed by atoms with Crippen LogP contribution < -0.4 is 24.8 Å². The Morgan fingerprint density at radius 3 is 2.26 bits per heavy atom. The molecule has 2 aromatic rings. The van der Waals surface area contributed by atoms with Crippen LogP contribution in [0.4, 0.5) is 8.78 Å². The first kappa shape index (κ1) is 24.2. The summed E-state index contributed by atoms with van der Waals surface area (Å²) in [5.41, 5.74) is 0.564. The first-order valence-corrected chi connectivity index (χ1v) is 10.0. The third-order valence-corrected chi connectivity index (χ3v) is 4.20. The van der Waals surface area contributed by atoms with Crippen molar-refractivity contribution >= 4 is 5.96 Å². The molecular weight excluding hydrogens is 408 g/mol. The van der Waals surface area contributed by atoms with Gasteiger partial charge in [0.25, 0.3) is 0 Å². The van der Waals surface area contributed by atoms with Gasteiger partial charge in [0.15, 0.2) is 5.96 Å². The molecule has 0 heterocycles. The summed E-state index contributed by atoms with van der Waals surface area (Å²) in [5.74, 6) is 2.17. The Labute approximate surface area is 181 Å². The number of alkyl halides is 2. The molecule has 31 heavy (non-hydrogen) atoms. The third-order valence-electron chi connectivity index (χ3n) is 4.20. The summed E-state index contributed by atoms with van der Waals surface area (Å²) in [7, 11) is 1.62. The van der Waals surface area contributed by atoms with Crippen molar-refractivity contribution in [3.63, 3.8) is 0 Å². The topological polar surface area (TPSA) is 84.3 Å². The zero-order valence-electron chi connectivity index (χ0n) is 17.7. The van der Waals surface area contributed by atoms with E-state index in [2.05, 4.69) is 20.4 Å². The second kappa shape index (κ2) is 13.3. The highest BCUT2D eigenvalue weighted by molar-refractivity contribution is 5.79. The lowest BCUT2D eigenvalue weighted by Gasteiger charge is -2.14. The van der Waals surface area contributed by atoms with E-state index < -0.39 is 12.7 Å². The van der Waals surface area contributed by atoms with Gasteiger partial charge >= 0.3 is 6.61 Å². The Hall–Kier alpha value is -3.07. The largest absolute Gasteiger partial charge is 0.497 e. The van der Waals surface area contributed by atoms with Gasteiger partial charge in [-0.1, -0.05) is 12.1 Å². The molecule has 0 aliphatic rings. The predicted molar refractivity (Wildman–Crippen MR) is 115 cm³/mol. The molecule has 0 spiro atoms. The van der Waals surface area contributed by atoms with Gasteiger partial charge in [-0.15, -0.1) is 0 Å². The summed E-state index contributed by atoms with van der Waals surface area (Å²) in [6.45, 7) is 1.03. The molecule has 9 heteroatoms. The smallest absolute Gasteiger partial charge is 0.387 e. The molecule has 0 saturated carbocycles. The normalized spacial score (nSPS) is 12.4. The highest BCUT2D eigenvalue weighted by Gasteiger charge is 2.09. The number of rotatable bonds is 12. The molecule has 3 N–H and O–H groups in total. The number of nitrogens with one attached hydrogen (secondary N) is 2. The zero-order chi connectivity index (χ0) is 22.5. The molecule has 7 nitrogen and oxygen atoms in total. The van der Waals surface area contributed by atoms with Gasteiger partial charge in [-0.25, -0.2) is 0 Å². The van der Waals surface area contributed by atoms with Crippen LogP contribution in [0, 0.1) is 0 Å². The molecule has 0 aromatic heterocycles. The average Bonchev–Trinajstić information content (AvgIpc) is 2.77. The summed E-state index contributed by atoms with van der Waals surface area (Å²) in [4.78, 5) is 4.37. The van der Waals surface area contributed by atoms with Crippen LogP contribution in [-0.2, 0) is 0 Å². The Morgan fingerprint density at radius 1 is 1.00 bits per heavy atom. The molecule has 170 valence electrons. The van der Waals surface area contributed by atoms with Crippen LogP contribution in [0.2, 0.25) is 0 Å². The maximum absolute atomic E-state index is 12.2. The van der Waals surface area contributed by atoms with E-state index in [4.69, 9.17) is 9.47 Å². The molecule has 0 amide bonds. The fourth-order valence-corrected chi connectivity index (χ4v) is 2.64. The minimum Gasteiger partial charge on any atom is -0.497 e. The van der Waals surface area contributed by atoms with Crippen molar-refractivity contribution < 1.29 is 28.1 Å². The van der Waals surface area contributed by atoms with Crippen LogP contribution in [-0.4, -0.2) is 51.0 Å². The molecule has 2 aromatic carbocycles. The van der Waals surface area contributed by atoms with E-state index in [1.54, 1.807) is 7.11 Å². The molecule has 2 rings (SSSR count). The van der Waals surface area contributed by atoms with Gasteiger partial charge in [0.1, 0.15) is 17.2 Å². The van der Waals surface area contributed by atoms with Gasteiger partial charge in [0.05, 0.1) is 26.4 Å². The number of hydrogen-bond donors (Lipinski definition) is 3. The summed E-state index contributed by atoms with van der Waals surface area (Å²) in [6, 6.07) is 13.2. The maximum atomic E-state index is 12.2. The Balaban J connectivity index is 1.75. The van der Waals surface area contributed by atoms with Crippen molar-refractivity contribution in [2.24, 2.45) is 4.99 Å². The summed E-state index contributed by atoms with van der Waals surface area (Å²) in [5, 5.41) is 16.6. The van der Waals surface area contributed by atoms with E-state index in [1.807, 2.05) is 31.2 Å². The number of guanidine groups is 1. The van der Waals surface area contributed by atoms with Crippen molar-refractivity contribution in [1.82, 2.24) is 10.6 Å². The molecular formula is C22H29F2N3O4. The number of benzene rings is 2. The van der Waals surface area contributed by atoms with E-state index in [1.165, 1.54) is 24.3 Å². The van der Waals surface area contributed by atoms with Crippen molar-refractivity contribution in [3.05, 3.63) is 54.1 Å². The van der Waals surface area contributed by atoms with E-state index in [0.29, 0.717) is 31.2 Å². The Morgan fingerprint density at radius 2 is 1.65 bits per heavy atom. The molecule has 0 bridgehead atoms. The van der Waals surface area contributed by atoms with E-state index in [9.17, 15) is 13.9 Å². The molecule has 1 atom stereocenters. The van der Waals surface area contributed by atoms with Crippen LogP contribution in [0.15, 0.2) is 53.5 Å². The van der Waals surface area contributed by atoms with E-state index in [-0.39, 0.29) is 12.3 Å². The molecule has 0 radical (unpaired) electrons. The monoisotopic (exact) mass is 437 g/mol. The van der Waals surface area contributed by atoms with Gasteiger partial charge in [0.2, 0.25) is 0 Å². The third kappa shape index (κ3) is 9.08. The van der Waals surface area contributed by atoms with Crippen molar-refractivity contribution in [2.75, 3.05) is 33.4 Å². The number of halogens is 2. The van der Waals surface area contributed by atoms with E-state index >= 15 is 0 Å². The standard InChI is InChI=1S/C22H29F2N3O4/c1-3-25-22(26-13-4-14-30-18-11-9-17(29-2)10-12-18)27-15-20(28)16-5-7-19(8-6-16)31-21(23)24/h5-12,20-21,28H,3-4,13-15H2,1-2H3,(H2,25,26,27). The second-order valence-electron chi connectivity index (χ2n) is 6.49. The van der Waals surface area contributed by atoms with E-state index in [0.717, 1.165) is 17.9 Å². The highest BCUT2D eigenvalue weighted by atomic mass is 19.3. The molecule has 1 unspecified atom stereocenters. The van der Waals surface area contributed by atoms with Crippen LogP contribution in [0.3, 0.4) is 0 Å². The second-order valence-corrected chi connectivity index (χ2v) is 6.49. The van der Waals surface area contributed by atoms with Crippen LogP contribution in [0.25, 0.3) is 0 Å². The van der Waals surface area contributed by atoms with Gasteiger partial charge in [-0.2, -0.15) is 8.78 Å². The SMILES string of the molecule is CCNC(=NCC(O)c1ccc(OC(F)F)cc1)NCCCOc1ccc(OC)cc1. The lowest BCUT2D eigenvalue weighted by molar-refractivity contribution is -0.0498. The van der Waals surface area contributed by atoms with Gasteiger partial charge in [-0.3, -0.25) is 4.99 Å². The fraction of sp³-hybridized carbons (Fsp3) is 0.409. The minimum absolute atomic E-state index is 0.0429. The molecule has 0 saturated heterocycles. The molecule has 0 aliphatic carbocycles. The number of nitrogens with zero attached hydrogens (tertiary/aromatic N) is 1. The lowest BCUT2D eigenvalue weighted by Crippen LogP contribution is -2.38. The quantitative estimate of drug-likeness (QED) is 0.268. The van der Waals surface area contributed by atoms with Gasteiger partial charge < -0.3 is 30.0 Å². The van der Waals surface area contributed by atoms with Crippen LogP contribution in [0.5, 0.6) is 17.2 Å². The number of aliphatic hydroxyl groups excluding tert-OH is 1. The maximum Gasteiger partial charge on any atom is 0.387 e. The number of aliphatic hydroxyl groups is 1. The summed E-state index contributed by atoms with van der Waals surface area (Å²) in [6.07, 6.45) is -0.112.